The standard InChI is InChI=1S/C30H63O4P.C13H29O4P/c1-28(2)22-16-10-7-13-19-25-32-35(31,33-26-20-14-8-11-17-23-29(3)4)34-27-21-15-9-12-18-24-30(5)6;1-2-3-4-5-6-7-8-9-10-11-12-13-17-18(14,15)16/h28-30H,7-27H2,1-6H3;2-13H2,1H3,(H2,14,15,16). The average molecular weight is 799 g/mol. The van der Waals surface area contributed by atoms with Crippen LogP contribution in [0.25, 0.3) is 0 Å². The Morgan fingerprint density at radius 2 is 0.585 bits per heavy atom. The second-order valence-electron chi connectivity index (χ2n) is 16.7. The van der Waals surface area contributed by atoms with E-state index in [1.54, 1.807) is 0 Å². The molecule has 10 heteroatoms. The highest BCUT2D eigenvalue weighted by molar-refractivity contribution is 7.48. The first-order valence-corrected chi connectivity index (χ1v) is 25.5. The summed E-state index contributed by atoms with van der Waals surface area (Å²) in [5.41, 5.74) is 0. The number of hydrogen-bond acceptors (Lipinski definition) is 6. The zero-order valence-electron chi connectivity index (χ0n) is 36.3. The Labute approximate surface area is 330 Å². The van der Waals surface area contributed by atoms with Gasteiger partial charge in [0.05, 0.1) is 26.4 Å². The van der Waals surface area contributed by atoms with Gasteiger partial charge < -0.3 is 9.79 Å². The van der Waals surface area contributed by atoms with E-state index < -0.39 is 15.6 Å². The topological polar surface area (TPSA) is 112 Å². The van der Waals surface area contributed by atoms with E-state index in [9.17, 15) is 9.13 Å². The van der Waals surface area contributed by atoms with Gasteiger partial charge in [0.25, 0.3) is 0 Å². The second kappa shape index (κ2) is 40.4. The molecule has 322 valence electrons. The highest BCUT2D eigenvalue weighted by Crippen LogP contribution is 2.50. The molecule has 0 spiro atoms. The number of phosphoric ester groups is 2. The molecule has 0 saturated carbocycles. The quantitative estimate of drug-likeness (QED) is 0.0466. The molecule has 0 rings (SSSR count). The van der Waals surface area contributed by atoms with Gasteiger partial charge in [0.2, 0.25) is 0 Å². The van der Waals surface area contributed by atoms with Crippen LogP contribution in [0, 0.1) is 17.8 Å². The molecule has 0 aliphatic rings. The molecule has 0 aliphatic carbocycles. The van der Waals surface area contributed by atoms with Gasteiger partial charge in [-0.25, -0.2) is 9.13 Å². The van der Waals surface area contributed by atoms with Gasteiger partial charge in [0.15, 0.2) is 0 Å². The number of rotatable bonds is 40. The Morgan fingerprint density at radius 1 is 0.358 bits per heavy atom. The highest BCUT2D eigenvalue weighted by atomic mass is 31.2. The molecular formula is C43H92O8P2. The van der Waals surface area contributed by atoms with Crippen molar-refractivity contribution in [3.8, 4) is 0 Å². The van der Waals surface area contributed by atoms with Crippen LogP contribution in [0.15, 0.2) is 0 Å². The van der Waals surface area contributed by atoms with E-state index in [2.05, 4.69) is 53.0 Å². The monoisotopic (exact) mass is 799 g/mol. The molecule has 0 aromatic heterocycles. The van der Waals surface area contributed by atoms with Gasteiger partial charge in [-0.3, -0.25) is 18.1 Å². The molecular weight excluding hydrogens is 706 g/mol. The van der Waals surface area contributed by atoms with Crippen molar-refractivity contribution in [3.05, 3.63) is 0 Å². The third kappa shape index (κ3) is 50.2. The van der Waals surface area contributed by atoms with Crippen molar-refractivity contribution in [3.63, 3.8) is 0 Å². The van der Waals surface area contributed by atoms with Crippen LogP contribution in [0.3, 0.4) is 0 Å². The van der Waals surface area contributed by atoms with Crippen LogP contribution in [-0.2, 0) is 27.2 Å². The van der Waals surface area contributed by atoms with Gasteiger partial charge in [-0.1, -0.05) is 209 Å². The van der Waals surface area contributed by atoms with Crippen LogP contribution in [0.1, 0.15) is 235 Å². The summed E-state index contributed by atoms with van der Waals surface area (Å²) in [5, 5.41) is 0. The summed E-state index contributed by atoms with van der Waals surface area (Å²) in [7, 11) is -7.69. The summed E-state index contributed by atoms with van der Waals surface area (Å²) in [6.07, 6.45) is 34.9. The largest absolute Gasteiger partial charge is 0.474 e. The van der Waals surface area contributed by atoms with Crippen molar-refractivity contribution in [2.24, 2.45) is 17.8 Å². The molecule has 2 N–H and O–H groups in total. The van der Waals surface area contributed by atoms with Crippen LogP contribution in [0.5, 0.6) is 0 Å². The number of phosphoric acid groups is 2. The van der Waals surface area contributed by atoms with Crippen molar-refractivity contribution >= 4 is 15.6 Å². The predicted octanol–water partition coefficient (Wildman–Crippen LogP) is 15.5. The number of hydrogen-bond donors (Lipinski definition) is 2. The minimum atomic E-state index is -4.25. The summed E-state index contributed by atoms with van der Waals surface area (Å²) >= 11 is 0. The van der Waals surface area contributed by atoms with Crippen molar-refractivity contribution < 1.29 is 37.0 Å². The molecule has 0 aliphatic heterocycles. The summed E-state index contributed by atoms with van der Waals surface area (Å²) in [6, 6.07) is 0. The highest BCUT2D eigenvalue weighted by Gasteiger charge is 2.26. The summed E-state index contributed by atoms with van der Waals surface area (Å²) in [4.78, 5) is 16.9. The Balaban J connectivity index is 0. The van der Waals surface area contributed by atoms with Gasteiger partial charge >= 0.3 is 15.6 Å². The molecule has 0 aromatic rings. The zero-order valence-corrected chi connectivity index (χ0v) is 38.1. The minimum absolute atomic E-state index is 0.168. The van der Waals surface area contributed by atoms with E-state index in [1.165, 1.54) is 128 Å². The fourth-order valence-electron chi connectivity index (χ4n) is 6.15. The van der Waals surface area contributed by atoms with Crippen LogP contribution in [-0.4, -0.2) is 36.2 Å². The number of unbranched alkanes of at least 4 members (excludes halogenated alkanes) is 22. The van der Waals surface area contributed by atoms with Crippen molar-refractivity contribution in [2.45, 2.75) is 235 Å². The molecule has 0 aromatic carbocycles. The molecule has 0 bridgehead atoms. The summed E-state index contributed by atoms with van der Waals surface area (Å²) in [6.45, 7) is 17.5. The van der Waals surface area contributed by atoms with E-state index in [-0.39, 0.29) is 6.61 Å². The smallest absolute Gasteiger partial charge is 0.303 e. The molecule has 0 radical (unpaired) electrons. The van der Waals surface area contributed by atoms with Crippen molar-refractivity contribution in [1.29, 1.82) is 0 Å². The van der Waals surface area contributed by atoms with E-state index in [1.807, 2.05) is 0 Å². The van der Waals surface area contributed by atoms with Gasteiger partial charge in [-0.2, -0.15) is 0 Å². The van der Waals surface area contributed by atoms with Gasteiger partial charge in [0.1, 0.15) is 0 Å². The third-order valence-electron chi connectivity index (χ3n) is 9.53. The van der Waals surface area contributed by atoms with Crippen molar-refractivity contribution in [1.82, 2.24) is 0 Å². The Hall–Kier alpha value is 0.220. The SMILES string of the molecule is CC(C)CCCCCCCOP(=O)(OCCCCCCCC(C)C)OCCCCCCCC(C)C.CCCCCCCCCCCCCOP(=O)(O)O. The summed E-state index contributed by atoms with van der Waals surface area (Å²) < 4.78 is 45.1. The van der Waals surface area contributed by atoms with E-state index in [4.69, 9.17) is 23.4 Å². The van der Waals surface area contributed by atoms with E-state index >= 15 is 0 Å². The first-order chi connectivity index (χ1) is 25.3. The van der Waals surface area contributed by atoms with E-state index in [0.29, 0.717) is 19.8 Å². The van der Waals surface area contributed by atoms with E-state index in [0.717, 1.165) is 75.5 Å². The minimum Gasteiger partial charge on any atom is -0.303 e. The first kappa shape index (κ1) is 55.3. The normalized spacial score (nSPS) is 12.3. The maximum atomic E-state index is 13.2. The van der Waals surface area contributed by atoms with Crippen LogP contribution in [0.4, 0.5) is 0 Å². The first-order valence-electron chi connectivity index (χ1n) is 22.5. The lowest BCUT2D eigenvalue weighted by molar-refractivity contribution is 0.108. The maximum absolute atomic E-state index is 13.2. The average Bonchev–Trinajstić information content (AvgIpc) is 3.08. The second-order valence-corrected chi connectivity index (χ2v) is 19.6. The molecule has 53 heavy (non-hydrogen) atoms. The lowest BCUT2D eigenvalue weighted by Gasteiger charge is -2.18. The third-order valence-corrected chi connectivity index (χ3v) is 11.5. The molecule has 0 heterocycles. The Bertz CT molecular complexity index is 752. The Kier molecular flexibility index (Phi) is 42.2. The predicted molar refractivity (Wildman–Crippen MR) is 228 cm³/mol. The molecule has 0 unspecified atom stereocenters. The maximum Gasteiger partial charge on any atom is 0.474 e. The van der Waals surface area contributed by atoms with Crippen molar-refractivity contribution in [2.75, 3.05) is 26.4 Å². The van der Waals surface area contributed by atoms with Crippen LogP contribution < -0.4 is 0 Å². The molecule has 8 nitrogen and oxygen atoms in total. The van der Waals surface area contributed by atoms with Gasteiger partial charge in [-0.05, 0) is 43.4 Å². The lowest BCUT2D eigenvalue weighted by atomic mass is 10.0. The molecule has 0 saturated heterocycles. The molecule has 0 amide bonds. The Morgan fingerprint density at radius 3 is 0.830 bits per heavy atom. The fraction of sp³-hybridized carbons (Fsp3) is 1.00. The molecule has 0 atom stereocenters. The zero-order chi connectivity index (χ0) is 39.9. The lowest BCUT2D eigenvalue weighted by Crippen LogP contribution is -2.04. The fourth-order valence-corrected chi connectivity index (χ4v) is 7.79. The van der Waals surface area contributed by atoms with Crippen LogP contribution in [0.2, 0.25) is 0 Å². The van der Waals surface area contributed by atoms with Gasteiger partial charge in [0, 0.05) is 0 Å². The van der Waals surface area contributed by atoms with Gasteiger partial charge in [-0.15, -0.1) is 0 Å². The summed E-state index contributed by atoms with van der Waals surface area (Å²) in [5.74, 6) is 2.37. The van der Waals surface area contributed by atoms with Crippen LogP contribution >= 0.6 is 15.6 Å². The molecule has 0 fully saturated rings.